The van der Waals surface area contributed by atoms with E-state index in [1.165, 1.54) is 0 Å². The predicted molar refractivity (Wildman–Crippen MR) is 65.7 cm³/mol. The molecule has 1 heterocycles. The van der Waals surface area contributed by atoms with Crippen LogP contribution in [0.2, 0.25) is 0 Å². The summed E-state index contributed by atoms with van der Waals surface area (Å²) in [6.45, 7) is 17.2. The molecular formula is C12H25N3. The zero-order chi connectivity index (χ0) is 11.7. The van der Waals surface area contributed by atoms with Gasteiger partial charge in [-0.15, -0.1) is 0 Å². The highest BCUT2D eigenvalue weighted by Crippen LogP contribution is 2.25. The Bertz CT molecular complexity index is 188. The van der Waals surface area contributed by atoms with Gasteiger partial charge >= 0.3 is 0 Å². The molecule has 0 aromatic rings. The Hall–Kier alpha value is -0.590. The lowest BCUT2D eigenvalue weighted by molar-refractivity contribution is 0.189. The number of nitrogens with zero attached hydrogens (tertiary/aromatic N) is 2. The fourth-order valence-electron chi connectivity index (χ4n) is 1.69. The van der Waals surface area contributed by atoms with Gasteiger partial charge in [0.25, 0.3) is 0 Å². The molecule has 0 atom stereocenters. The first-order valence-electron chi connectivity index (χ1n) is 6.01. The molecule has 0 aromatic heterocycles. The van der Waals surface area contributed by atoms with E-state index in [4.69, 9.17) is 12.3 Å². The molecule has 0 amide bonds. The lowest BCUT2D eigenvalue weighted by Crippen LogP contribution is -2.41. The van der Waals surface area contributed by atoms with Gasteiger partial charge in [-0.25, -0.2) is 6.57 Å². The zero-order valence-corrected chi connectivity index (χ0v) is 10.4. The summed E-state index contributed by atoms with van der Waals surface area (Å²) in [4.78, 5) is 6.11. The van der Waals surface area contributed by atoms with E-state index in [-0.39, 0.29) is 5.54 Å². The van der Waals surface area contributed by atoms with E-state index in [1.54, 1.807) is 0 Å². The lowest BCUT2D eigenvalue weighted by atomic mass is 9.91. The Morgan fingerprint density at radius 2 is 1.87 bits per heavy atom. The van der Waals surface area contributed by atoms with Gasteiger partial charge in [0.1, 0.15) is 0 Å². The minimum absolute atomic E-state index is 0.0841. The number of hydrogen-bond donors (Lipinski definition) is 1. The molecule has 0 spiro atoms. The molecule has 0 aliphatic carbocycles. The molecule has 2 N–H and O–H groups in total. The Labute approximate surface area is 94.5 Å². The Balaban J connectivity index is 0.000000921. The Morgan fingerprint density at radius 1 is 1.33 bits per heavy atom. The average molecular weight is 211 g/mol. The molecule has 88 valence electrons. The molecule has 0 saturated carbocycles. The molecule has 1 saturated heterocycles. The first-order chi connectivity index (χ1) is 7.20. The maximum Gasteiger partial charge on any atom is 0.232 e. The van der Waals surface area contributed by atoms with Crippen LogP contribution in [-0.4, -0.2) is 36.6 Å². The predicted octanol–water partition coefficient (Wildman–Crippen LogP) is 2.14. The normalized spacial score (nSPS) is 19.9. The van der Waals surface area contributed by atoms with Crippen LogP contribution >= 0.6 is 0 Å². The summed E-state index contributed by atoms with van der Waals surface area (Å²) in [6.07, 6.45) is 3.11. The largest absolute Gasteiger partial charge is 0.330 e. The molecule has 1 rings (SSSR count). The van der Waals surface area contributed by atoms with Crippen molar-refractivity contribution in [2.75, 3.05) is 26.2 Å². The minimum Gasteiger partial charge on any atom is -0.330 e. The Kier molecular flexibility index (Phi) is 7.37. The van der Waals surface area contributed by atoms with Crippen molar-refractivity contribution >= 4 is 0 Å². The zero-order valence-electron chi connectivity index (χ0n) is 10.4. The number of piperidine rings is 1. The van der Waals surface area contributed by atoms with Crippen LogP contribution in [-0.2, 0) is 0 Å². The summed E-state index contributed by atoms with van der Waals surface area (Å²) in [7, 11) is 0. The summed E-state index contributed by atoms with van der Waals surface area (Å²) in [5.41, 5.74) is 5.37. The van der Waals surface area contributed by atoms with Crippen LogP contribution in [0.3, 0.4) is 0 Å². The summed E-state index contributed by atoms with van der Waals surface area (Å²) in [5, 5.41) is 0. The van der Waals surface area contributed by atoms with Gasteiger partial charge in [-0.2, -0.15) is 0 Å². The van der Waals surface area contributed by atoms with Gasteiger partial charge in [0.05, 0.1) is 0 Å². The minimum atomic E-state index is -0.0841. The summed E-state index contributed by atoms with van der Waals surface area (Å²) in [6, 6.07) is 0. The van der Waals surface area contributed by atoms with E-state index in [2.05, 4.69) is 16.7 Å². The monoisotopic (exact) mass is 211 g/mol. The molecule has 0 bridgehead atoms. The van der Waals surface area contributed by atoms with Crippen LogP contribution in [0.25, 0.3) is 4.85 Å². The highest BCUT2D eigenvalue weighted by atomic mass is 15.1. The fraction of sp³-hybridized carbons (Fsp3) is 0.917. The van der Waals surface area contributed by atoms with Crippen LogP contribution in [0, 0.1) is 6.57 Å². The number of nitrogens with two attached hydrogens (primary N) is 1. The van der Waals surface area contributed by atoms with Gasteiger partial charge in [-0.3, -0.25) is 0 Å². The van der Waals surface area contributed by atoms with E-state index in [1.807, 2.05) is 13.8 Å². The van der Waals surface area contributed by atoms with E-state index >= 15 is 0 Å². The second kappa shape index (κ2) is 7.67. The maximum absolute atomic E-state index is 7.08. The van der Waals surface area contributed by atoms with Crippen molar-refractivity contribution in [1.29, 1.82) is 0 Å². The first-order valence-corrected chi connectivity index (χ1v) is 6.01. The summed E-state index contributed by atoms with van der Waals surface area (Å²) >= 11 is 0. The van der Waals surface area contributed by atoms with Crippen LogP contribution in [0.4, 0.5) is 0 Å². The quantitative estimate of drug-likeness (QED) is 0.726. The summed E-state index contributed by atoms with van der Waals surface area (Å²) < 4.78 is 0. The van der Waals surface area contributed by atoms with Crippen LogP contribution in [0.1, 0.15) is 40.0 Å². The van der Waals surface area contributed by atoms with Crippen molar-refractivity contribution in [3.63, 3.8) is 0 Å². The van der Waals surface area contributed by atoms with E-state index < -0.39 is 0 Å². The van der Waals surface area contributed by atoms with E-state index in [0.717, 1.165) is 45.4 Å². The van der Waals surface area contributed by atoms with Crippen molar-refractivity contribution in [1.82, 2.24) is 4.90 Å². The third-order valence-electron chi connectivity index (χ3n) is 2.88. The van der Waals surface area contributed by atoms with Crippen LogP contribution < -0.4 is 5.73 Å². The van der Waals surface area contributed by atoms with E-state index in [9.17, 15) is 0 Å². The van der Waals surface area contributed by atoms with Gasteiger partial charge in [0, 0.05) is 32.9 Å². The highest BCUT2D eigenvalue weighted by molar-refractivity contribution is 4.98. The lowest BCUT2D eigenvalue weighted by Gasteiger charge is -2.31. The molecule has 15 heavy (non-hydrogen) atoms. The fourth-order valence-corrected chi connectivity index (χ4v) is 1.69. The second-order valence-electron chi connectivity index (χ2n) is 4.09. The van der Waals surface area contributed by atoms with Gasteiger partial charge in [0.15, 0.2) is 0 Å². The molecule has 0 aromatic carbocycles. The van der Waals surface area contributed by atoms with Crippen molar-refractivity contribution in [2.24, 2.45) is 5.73 Å². The van der Waals surface area contributed by atoms with Gasteiger partial charge < -0.3 is 15.5 Å². The van der Waals surface area contributed by atoms with Gasteiger partial charge in [0.2, 0.25) is 5.54 Å². The summed E-state index contributed by atoms with van der Waals surface area (Å²) in [5.74, 6) is 0. The van der Waals surface area contributed by atoms with Gasteiger partial charge in [-0.1, -0.05) is 13.8 Å². The average Bonchev–Trinajstić information content (AvgIpc) is 2.31. The molecule has 0 unspecified atom stereocenters. The van der Waals surface area contributed by atoms with Crippen LogP contribution in [0.5, 0.6) is 0 Å². The molecule has 3 nitrogen and oxygen atoms in total. The van der Waals surface area contributed by atoms with E-state index in [0.29, 0.717) is 0 Å². The molecule has 1 aliphatic rings. The Morgan fingerprint density at radius 3 is 2.27 bits per heavy atom. The molecule has 3 heteroatoms. The van der Waals surface area contributed by atoms with Crippen LogP contribution in [0.15, 0.2) is 0 Å². The second-order valence-corrected chi connectivity index (χ2v) is 4.09. The van der Waals surface area contributed by atoms with Crippen molar-refractivity contribution in [3.05, 3.63) is 11.4 Å². The topological polar surface area (TPSA) is 33.6 Å². The molecule has 0 radical (unpaired) electrons. The third kappa shape index (κ3) is 5.15. The third-order valence-corrected chi connectivity index (χ3v) is 2.88. The first kappa shape index (κ1) is 14.4. The van der Waals surface area contributed by atoms with Crippen molar-refractivity contribution in [2.45, 2.75) is 45.6 Å². The maximum atomic E-state index is 7.08. The number of hydrogen-bond acceptors (Lipinski definition) is 2. The standard InChI is InChI=1S/C10H19N3.C2H6/c1-10(12-2)4-8-13(9-5-10)7-3-6-11;1-2/h3-9,11H2,1H3;1-2H3. The molecular weight excluding hydrogens is 186 g/mol. The van der Waals surface area contributed by atoms with Crippen molar-refractivity contribution in [3.8, 4) is 0 Å². The van der Waals surface area contributed by atoms with Crippen molar-refractivity contribution < 1.29 is 0 Å². The smallest absolute Gasteiger partial charge is 0.232 e. The molecule has 1 aliphatic heterocycles. The highest BCUT2D eigenvalue weighted by Gasteiger charge is 2.34. The number of rotatable bonds is 3. The number of likely N-dealkylation sites (tertiary alicyclic amines) is 1. The SMILES string of the molecule is CC.[C-]#[N+]C1(C)CCN(CCCN)CC1. The van der Waals surface area contributed by atoms with Gasteiger partial charge in [-0.05, 0) is 19.5 Å². The molecule has 1 fully saturated rings.